The van der Waals surface area contributed by atoms with Crippen LogP contribution in [0.15, 0.2) is 194 Å². The van der Waals surface area contributed by atoms with Crippen LogP contribution in [0.2, 0.25) is 0 Å². The fraction of sp³-hybridized carbons (Fsp3) is 0.129. The molecule has 12 rings (SSSR count). The first-order chi connectivity index (χ1) is 31.6. The molecular weight excluding hydrogens is 809 g/mol. The Hall–Kier alpha value is -6.58. The third-order valence-corrected chi connectivity index (χ3v) is 16.6. The Bertz CT molecular complexity index is 3550. The van der Waals surface area contributed by atoms with Gasteiger partial charge >= 0.3 is 0 Å². The Kier molecular flexibility index (Phi) is 9.88. The van der Waals surface area contributed by atoms with Crippen LogP contribution < -0.4 is 0 Å². The number of aryl methyl sites for hydroxylation is 2. The summed E-state index contributed by atoms with van der Waals surface area (Å²) in [6, 6.07) is 73.3. The van der Waals surface area contributed by atoms with Crippen molar-refractivity contribution in [1.29, 1.82) is 0 Å². The highest BCUT2D eigenvalue weighted by Crippen LogP contribution is 2.51. The molecule has 0 amide bonds. The Balaban J connectivity index is 0.912. The maximum atomic E-state index is 2.55. The van der Waals surface area contributed by atoms with Crippen LogP contribution in [0.1, 0.15) is 65.0 Å². The standard InChI is InChI=1S/C62H48S2/c1-3-41(44-37-56-51-23-12-14-30-59(51)64-62(56)57(38-44)55-28-16-27-54-50-22-11-13-29-58(50)63-61(54)55)36-42-19-7-8-20-46(42)45-34-32-43(35-39(45)2)47-25-15-26-53-49(33-31-40-17-5-4-6-18-40)48-21-9-10-24-52(48)60(47)53/h4-30,32,34-35,37-38,41,49H,3,31,33,36H2,1-2H3. The van der Waals surface area contributed by atoms with Gasteiger partial charge in [0.25, 0.3) is 0 Å². The molecule has 2 aromatic heterocycles. The Morgan fingerprint density at radius 3 is 1.89 bits per heavy atom. The Labute approximate surface area is 384 Å². The topological polar surface area (TPSA) is 0 Å². The van der Waals surface area contributed by atoms with Crippen molar-refractivity contribution in [3.05, 3.63) is 228 Å². The van der Waals surface area contributed by atoms with E-state index in [1.807, 2.05) is 22.7 Å². The third kappa shape index (κ3) is 6.62. The highest BCUT2D eigenvalue weighted by atomic mass is 32.1. The monoisotopic (exact) mass is 856 g/mol. The number of rotatable bonds is 10. The minimum Gasteiger partial charge on any atom is -0.135 e. The van der Waals surface area contributed by atoms with Gasteiger partial charge in [0.2, 0.25) is 0 Å². The van der Waals surface area contributed by atoms with Crippen LogP contribution in [0, 0.1) is 6.92 Å². The van der Waals surface area contributed by atoms with Gasteiger partial charge in [-0.25, -0.2) is 0 Å². The fourth-order valence-corrected chi connectivity index (χ4v) is 13.4. The smallest absolute Gasteiger partial charge is 0.0434 e. The number of hydrogen-bond acceptors (Lipinski definition) is 2. The molecule has 0 spiro atoms. The van der Waals surface area contributed by atoms with Crippen molar-refractivity contribution in [3.8, 4) is 44.5 Å². The second-order valence-corrected chi connectivity index (χ2v) is 19.9. The number of benzene rings is 9. The van der Waals surface area contributed by atoms with Crippen molar-refractivity contribution in [2.45, 2.75) is 51.4 Å². The lowest BCUT2D eigenvalue weighted by molar-refractivity contribution is 0.662. The summed E-state index contributed by atoms with van der Waals surface area (Å²) in [5, 5.41) is 5.43. The van der Waals surface area contributed by atoms with Gasteiger partial charge in [-0.1, -0.05) is 177 Å². The predicted octanol–water partition coefficient (Wildman–Crippen LogP) is 18.2. The quantitative estimate of drug-likeness (QED) is 0.129. The van der Waals surface area contributed by atoms with Crippen LogP contribution in [0.3, 0.4) is 0 Å². The van der Waals surface area contributed by atoms with E-state index in [2.05, 4.69) is 208 Å². The normalized spacial score (nSPS) is 13.8. The van der Waals surface area contributed by atoms with Crippen molar-refractivity contribution >= 4 is 63.0 Å². The molecule has 0 N–H and O–H groups in total. The molecule has 0 aliphatic heterocycles. The maximum absolute atomic E-state index is 2.55. The molecule has 0 radical (unpaired) electrons. The lowest BCUT2D eigenvalue weighted by Gasteiger charge is -2.21. The van der Waals surface area contributed by atoms with Gasteiger partial charge in [0, 0.05) is 57.4 Å². The average molecular weight is 857 g/mol. The summed E-state index contributed by atoms with van der Waals surface area (Å²) in [5.74, 6) is 0.746. The van der Waals surface area contributed by atoms with E-state index in [1.165, 1.54) is 118 Å². The molecule has 1 aliphatic rings. The molecule has 9 aromatic carbocycles. The summed E-state index contributed by atoms with van der Waals surface area (Å²) in [4.78, 5) is 0. The van der Waals surface area contributed by atoms with E-state index >= 15 is 0 Å². The maximum Gasteiger partial charge on any atom is 0.0434 e. The fourth-order valence-electron chi connectivity index (χ4n) is 11.0. The van der Waals surface area contributed by atoms with Gasteiger partial charge < -0.3 is 0 Å². The summed E-state index contributed by atoms with van der Waals surface area (Å²) in [7, 11) is 0. The molecule has 2 heterocycles. The number of fused-ring (bicyclic) bond motifs is 9. The molecule has 64 heavy (non-hydrogen) atoms. The molecule has 2 unspecified atom stereocenters. The molecule has 0 nitrogen and oxygen atoms in total. The highest BCUT2D eigenvalue weighted by molar-refractivity contribution is 7.27. The summed E-state index contributed by atoms with van der Waals surface area (Å²) in [6.45, 7) is 4.68. The molecule has 1 aliphatic carbocycles. The zero-order valence-electron chi connectivity index (χ0n) is 36.3. The number of thiophene rings is 2. The first-order valence-corrected chi connectivity index (χ1v) is 24.6. The highest BCUT2D eigenvalue weighted by Gasteiger charge is 2.30. The Morgan fingerprint density at radius 1 is 0.469 bits per heavy atom. The van der Waals surface area contributed by atoms with Gasteiger partial charge in [-0.05, 0) is 130 Å². The molecule has 11 aromatic rings. The van der Waals surface area contributed by atoms with E-state index in [0.29, 0.717) is 11.8 Å². The minimum absolute atomic E-state index is 0.353. The van der Waals surface area contributed by atoms with Crippen LogP contribution in [0.5, 0.6) is 0 Å². The van der Waals surface area contributed by atoms with Crippen LogP contribution in [0.25, 0.3) is 84.9 Å². The van der Waals surface area contributed by atoms with Gasteiger partial charge in [0.1, 0.15) is 0 Å². The summed E-state index contributed by atoms with van der Waals surface area (Å²) < 4.78 is 5.46. The molecule has 0 bridgehead atoms. The molecule has 0 saturated heterocycles. The summed E-state index contributed by atoms with van der Waals surface area (Å²) in [6.07, 6.45) is 4.20. The molecule has 308 valence electrons. The van der Waals surface area contributed by atoms with E-state index in [1.54, 1.807) is 0 Å². The van der Waals surface area contributed by atoms with Gasteiger partial charge in [0.15, 0.2) is 0 Å². The van der Waals surface area contributed by atoms with Crippen LogP contribution in [-0.2, 0) is 12.8 Å². The molecule has 2 heteroatoms. The van der Waals surface area contributed by atoms with Crippen molar-refractivity contribution in [2.75, 3.05) is 0 Å². The van der Waals surface area contributed by atoms with Crippen molar-refractivity contribution in [1.82, 2.24) is 0 Å². The largest absolute Gasteiger partial charge is 0.135 e. The van der Waals surface area contributed by atoms with Gasteiger partial charge in [-0.2, -0.15) is 0 Å². The lowest BCUT2D eigenvalue weighted by atomic mass is 9.84. The SMILES string of the molecule is CCC(Cc1ccccc1-c1ccc(-c2cccc3c2-c2ccccc2C3CCc2ccccc2)cc1C)c1cc(-c2cccc3c2sc2ccccc23)c2sc3ccccc3c2c1. The van der Waals surface area contributed by atoms with Crippen LogP contribution in [-0.4, -0.2) is 0 Å². The number of hydrogen-bond donors (Lipinski definition) is 0. The van der Waals surface area contributed by atoms with Crippen LogP contribution >= 0.6 is 22.7 Å². The molecule has 2 atom stereocenters. The molecule has 0 saturated carbocycles. The first-order valence-electron chi connectivity index (χ1n) is 22.9. The van der Waals surface area contributed by atoms with Crippen LogP contribution in [0.4, 0.5) is 0 Å². The summed E-state index contributed by atoms with van der Waals surface area (Å²) in [5.41, 5.74) is 19.3. The van der Waals surface area contributed by atoms with Crippen molar-refractivity contribution in [2.24, 2.45) is 0 Å². The van der Waals surface area contributed by atoms with E-state index < -0.39 is 0 Å². The molecular formula is C62H48S2. The lowest BCUT2D eigenvalue weighted by Crippen LogP contribution is -2.04. The van der Waals surface area contributed by atoms with Gasteiger partial charge in [0.05, 0.1) is 0 Å². The predicted molar refractivity (Wildman–Crippen MR) is 278 cm³/mol. The minimum atomic E-state index is 0.353. The zero-order valence-corrected chi connectivity index (χ0v) is 37.9. The van der Waals surface area contributed by atoms with E-state index in [9.17, 15) is 0 Å². The van der Waals surface area contributed by atoms with E-state index in [4.69, 9.17) is 0 Å². The third-order valence-electron chi connectivity index (χ3n) is 14.1. The van der Waals surface area contributed by atoms with E-state index in [0.717, 1.165) is 25.7 Å². The zero-order chi connectivity index (χ0) is 42.7. The van der Waals surface area contributed by atoms with Gasteiger partial charge in [-0.15, -0.1) is 22.7 Å². The van der Waals surface area contributed by atoms with E-state index in [-0.39, 0.29) is 0 Å². The molecule has 0 fully saturated rings. The second kappa shape index (κ2) is 16.2. The first kappa shape index (κ1) is 39.0. The van der Waals surface area contributed by atoms with Gasteiger partial charge in [-0.3, -0.25) is 0 Å². The Morgan fingerprint density at radius 2 is 1.09 bits per heavy atom. The second-order valence-electron chi connectivity index (χ2n) is 17.8. The average Bonchev–Trinajstić information content (AvgIpc) is 4.02. The van der Waals surface area contributed by atoms with Crippen molar-refractivity contribution in [3.63, 3.8) is 0 Å². The van der Waals surface area contributed by atoms with Crippen molar-refractivity contribution < 1.29 is 0 Å². The summed E-state index contributed by atoms with van der Waals surface area (Å²) >= 11 is 3.87.